The van der Waals surface area contributed by atoms with Crippen LogP contribution in [0, 0.1) is 5.92 Å². The number of carbonyl (C=O) groups is 1. The van der Waals surface area contributed by atoms with E-state index in [1.165, 1.54) is 19.3 Å². The van der Waals surface area contributed by atoms with Crippen LogP contribution in [-0.4, -0.2) is 24.7 Å². The molecular weight excluding hydrogens is 202 g/mol. The maximum Gasteiger partial charge on any atom is 0.307 e. The van der Waals surface area contributed by atoms with E-state index >= 15 is 0 Å². The van der Waals surface area contributed by atoms with E-state index in [0.29, 0.717) is 12.5 Å². The largest absolute Gasteiger partial charge is 0.462 e. The Kier molecular flexibility index (Phi) is 4.22. The van der Waals surface area contributed by atoms with E-state index in [9.17, 15) is 4.79 Å². The summed E-state index contributed by atoms with van der Waals surface area (Å²) in [6, 6.07) is 0.370. The quantitative estimate of drug-likeness (QED) is 0.749. The molecule has 1 aliphatic carbocycles. The molecule has 0 aromatic heterocycles. The van der Waals surface area contributed by atoms with Crippen molar-refractivity contribution < 1.29 is 9.53 Å². The smallest absolute Gasteiger partial charge is 0.307 e. The Balaban J connectivity index is 1.66. The summed E-state index contributed by atoms with van der Waals surface area (Å²) in [5.41, 5.74) is 0. The highest BCUT2D eigenvalue weighted by molar-refractivity contribution is 5.70. The van der Waals surface area contributed by atoms with E-state index in [1.54, 1.807) is 0 Å². The molecule has 0 radical (unpaired) electrons. The Morgan fingerprint density at radius 1 is 1.25 bits per heavy atom. The van der Waals surface area contributed by atoms with Crippen molar-refractivity contribution in [3.8, 4) is 0 Å². The number of nitrogens with one attached hydrogen (secondary N) is 1. The molecule has 0 spiro atoms. The van der Waals surface area contributed by atoms with E-state index in [1.807, 2.05) is 0 Å². The lowest BCUT2D eigenvalue weighted by Crippen LogP contribution is -2.29. The van der Waals surface area contributed by atoms with E-state index in [0.717, 1.165) is 31.7 Å². The topological polar surface area (TPSA) is 38.3 Å². The van der Waals surface area contributed by atoms with Crippen molar-refractivity contribution in [2.24, 2.45) is 5.92 Å². The summed E-state index contributed by atoms with van der Waals surface area (Å²) in [5, 5.41) is 3.33. The first kappa shape index (κ1) is 11.9. The summed E-state index contributed by atoms with van der Waals surface area (Å²) < 4.78 is 5.52. The van der Waals surface area contributed by atoms with E-state index in [4.69, 9.17) is 4.74 Å². The second-order valence-corrected chi connectivity index (χ2v) is 5.37. The SMILES string of the molecule is CC1CCC(OC(=O)CC2CCCN2)CC1. The molecule has 16 heavy (non-hydrogen) atoms. The van der Waals surface area contributed by atoms with Crippen LogP contribution >= 0.6 is 0 Å². The molecule has 92 valence electrons. The van der Waals surface area contributed by atoms with Gasteiger partial charge in [0.05, 0.1) is 6.42 Å². The molecular formula is C13H23NO2. The monoisotopic (exact) mass is 225 g/mol. The summed E-state index contributed by atoms with van der Waals surface area (Å²) in [6.07, 6.45) is 7.61. The van der Waals surface area contributed by atoms with Crippen molar-refractivity contribution in [3.05, 3.63) is 0 Å². The van der Waals surface area contributed by atoms with Crippen molar-refractivity contribution in [2.75, 3.05) is 6.54 Å². The standard InChI is InChI=1S/C13H23NO2/c1-10-4-6-12(7-5-10)16-13(15)9-11-3-2-8-14-11/h10-12,14H,2-9H2,1H3. The van der Waals surface area contributed by atoms with Gasteiger partial charge in [-0.1, -0.05) is 6.92 Å². The summed E-state index contributed by atoms with van der Waals surface area (Å²) >= 11 is 0. The summed E-state index contributed by atoms with van der Waals surface area (Å²) in [6.45, 7) is 3.33. The van der Waals surface area contributed by atoms with Gasteiger partial charge in [0.25, 0.3) is 0 Å². The van der Waals surface area contributed by atoms with Gasteiger partial charge >= 0.3 is 5.97 Å². The van der Waals surface area contributed by atoms with E-state index < -0.39 is 0 Å². The molecule has 0 amide bonds. The lowest BCUT2D eigenvalue weighted by molar-refractivity contribution is -0.151. The van der Waals surface area contributed by atoms with E-state index in [-0.39, 0.29) is 12.1 Å². The Morgan fingerprint density at radius 3 is 2.62 bits per heavy atom. The Morgan fingerprint density at radius 2 is 2.00 bits per heavy atom. The van der Waals surface area contributed by atoms with Crippen LogP contribution in [0.15, 0.2) is 0 Å². The zero-order chi connectivity index (χ0) is 11.4. The first-order valence-corrected chi connectivity index (χ1v) is 6.67. The summed E-state index contributed by atoms with van der Waals surface area (Å²) in [7, 11) is 0. The third-order valence-corrected chi connectivity index (χ3v) is 3.84. The summed E-state index contributed by atoms with van der Waals surface area (Å²) in [5.74, 6) is 0.811. The zero-order valence-corrected chi connectivity index (χ0v) is 10.2. The van der Waals surface area contributed by atoms with Crippen LogP contribution in [0.1, 0.15) is 51.9 Å². The average Bonchev–Trinajstić information content (AvgIpc) is 2.74. The predicted molar refractivity (Wildman–Crippen MR) is 63.2 cm³/mol. The van der Waals surface area contributed by atoms with Crippen LogP contribution in [0.2, 0.25) is 0 Å². The van der Waals surface area contributed by atoms with Crippen molar-refractivity contribution >= 4 is 5.97 Å². The van der Waals surface area contributed by atoms with Gasteiger partial charge in [-0.25, -0.2) is 0 Å². The highest BCUT2D eigenvalue weighted by atomic mass is 16.5. The first-order valence-electron chi connectivity index (χ1n) is 6.67. The lowest BCUT2D eigenvalue weighted by Gasteiger charge is -2.26. The van der Waals surface area contributed by atoms with Crippen molar-refractivity contribution in [1.82, 2.24) is 5.32 Å². The maximum atomic E-state index is 11.7. The van der Waals surface area contributed by atoms with Crippen LogP contribution in [-0.2, 0) is 9.53 Å². The van der Waals surface area contributed by atoms with Crippen LogP contribution in [0.5, 0.6) is 0 Å². The lowest BCUT2D eigenvalue weighted by atomic mass is 9.89. The number of hydrogen-bond donors (Lipinski definition) is 1. The molecule has 1 heterocycles. The molecule has 1 unspecified atom stereocenters. The number of ether oxygens (including phenoxy) is 1. The van der Waals surface area contributed by atoms with Gasteiger partial charge in [0.15, 0.2) is 0 Å². The molecule has 3 nitrogen and oxygen atoms in total. The first-order chi connectivity index (χ1) is 7.74. The molecule has 1 N–H and O–H groups in total. The van der Waals surface area contributed by atoms with Crippen molar-refractivity contribution in [3.63, 3.8) is 0 Å². The maximum absolute atomic E-state index is 11.7. The molecule has 1 atom stereocenters. The van der Waals surface area contributed by atoms with Gasteiger partial charge in [0.1, 0.15) is 6.10 Å². The molecule has 1 saturated carbocycles. The minimum Gasteiger partial charge on any atom is -0.462 e. The van der Waals surface area contributed by atoms with Gasteiger partial charge in [-0.3, -0.25) is 4.79 Å². The number of rotatable bonds is 3. The van der Waals surface area contributed by atoms with Gasteiger partial charge < -0.3 is 10.1 Å². The van der Waals surface area contributed by atoms with Crippen molar-refractivity contribution in [2.45, 2.75) is 64.0 Å². The Hall–Kier alpha value is -0.570. The Bertz CT molecular complexity index is 228. The van der Waals surface area contributed by atoms with Gasteiger partial charge in [0, 0.05) is 6.04 Å². The molecule has 3 heteroatoms. The van der Waals surface area contributed by atoms with Gasteiger partial charge in [0.2, 0.25) is 0 Å². The fourth-order valence-electron chi connectivity index (χ4n) is 2.71. The Labute approximate surface area is 97.9 Å². The molecule has 0 bridgehead atoms. The molecule has 2 rings (SSSR count). The average molecular weight is 225 g/mol. The molecule has 2 aliphatic rings. The van der Waals surface area contributed by atoms with Crippen LogP contribution in [0.4, 0.5) is 0 Å². The minimum absolute atomic E-state index is 0.000969. The van der Waals surface area contributed by atoms with Crippen LogP contribution in [0.25, 0.3) is 0 Å². The van der Waals surface area contributed by atoms with Crippen LogP contribution in [0.3, 0.4) is 0 Å². The second-order valence-electron chi connectivity index (χ2n) is 5.37. The van der Waals surface area contributed by atoms with E-state index in [2.05, 4.69) is 12.2 Å². The molecule has 1 saturated heterocycles. The molecule has 0 aromatic rings. The molecule has 1 aliphatic heterocycles. The fourth-order valence-corrected chi connectivity index (χ4v) is 2.71. The number of carbonyl (C=O) groups excluding carboxylic acids is 1. The summed E-state index contributed by atoms with van der Waals surface area (Å²) in [4.78, 5) is 11.7. The highest BCUT2D eigenvalue weighted by Crippen LogP contribution is 2.26. The molecule has 2 fully saturated rings. The predicted octanol–water partition coefficient (Wildman–Crippen LogP) is 2.25. The molecule has 0 aromatic carbocycles. The number of esters is 1. The number of hydrogen-bond acceptors (Lipinski definition) is 3. The third kappa shape index (κ3) is 3.48. The third-order valence-electron chi connectivity index (χ3n) is 3.84. The normalized spacial score (nSPS) is 34.9. The van der Waals surface area contributed by atoms with Crippen molar-refractivity contribution in [1.29, 1.82) is 0 Å². The second kappa shape index (κ2) is 5.67. The van der Waals surface area contributed by atoms with Gasteiger partial charge in [-0.15, -0.1) is 0 Å². The van der Waals surface area contributed by atoms with Gasteiger partial charge in [-0.2, -0.15) is 0 Å². The highest BCUT2D eigenvalue weighted by Gasteiger charge is 2.24. The fraction of sp³-hybridized carbons (Fsp3) is 0.923. The van der Waals surface area contributed by atoms with Crippen LogP contribution < -0.4 is 5.32 Å². The van der Waals surface area contributed by atoms with Gasteiger partial charge in [-0.05, 0) is 51.0 Å². The minimum atomic E-state index is -0.000969. The zero-order valence-electron chi connectivity index (χ0n) is 10.2.